The Morgan fingerprint density at radius 2 is 1.91 bits per heavy atom. The Kier molecular flexibility index (Phi) is 5.26. The third-order valence-corrected chi connectivity index (χ3v) is 4.60. The van der Waals surface area contributed by atoms with Crippen LogP contribution >= 0.6 is 11.3 Å². The molecule has 0 bridgehead atoms. The molecule has 0 aliphatic heterocycles. The highest BCUT2D eigenvalue weighted by molar-refractivity contribution is 7.12. The summed E-state index contributed by atoms with van der Waals surface area (Å²) in [5, 5.41) is 5.53. The van der Waals surface area contributed by atoms with E-state index in [1.807, 2.05) is 20.8 Å². The number of furan rings is 1. The van der Waals surface area contributed by atoms with Crippen LogP contribution in [0.25, 0.3) is 0 Å². The van der Waals surface area contributed by atoms with Gasteiger partial charge in [-0.05, 0) is 52.3 Å². The second kappa shape index (κ2) is 7.00. The summed E-state index contributed by atoms with van der Waals surface area (Å²) >= 11 is 1.71. The second-order valence-electron chi connectivity index (χ2n) is 5.67. The molecular weight excluding hydrogens is 312 g/mol. The van der Waals surface area contributed by atoms with Crippen LogP contribution in [-0.2, 0) is 4.79 Å². The van der Waals surface area contributed by atoms with Crippen LogP contribution in [0.3, 0.4) is 0 Å². The molecule has 2 rings (SSSR count). The summed E-state index contributed by atoms with van der Waals surface area (Å²) < 4.78 is 5.32. The van der Waals surface area contributed by atoms with Gasteiger partial charge in [0.1, 0.15) is 11.5 Å². The largest absolute Gasteiger partial charge is 0.466 e. The van der Waals surface area contributed by atoms with Gasteiger partial charge >= 0.3 is 0 Å². The summed E-state index contributed by atoms with van der Waals surface area (Å²) in [6.07, 6.45) is 0. The van der Waals surface area contributed by atoms with Crippen LogP contribution in [0.5, 0.6) is 0 Å². The fourth-order valence-corrected chi connectivity index (χ4v) is 3.59. The Morgan fingerprint density at radius 1 is 1.22 bits per heavy atom. The summed E-state index contributed by atoms with van der Waals surface area (Å²) in [4.78, 5) is 26.5. The molecule has 0 saturated heterocycles. The van der Waals surface area contributed by atoms with Crippen molar-refractivity contribution in [2.45, 2.75) is 40.7 Å². The fraction of sp³-hybridized carbons (Fsp3) is 0.412. The van der Waals surface area contributed by atoms with Crippen molar-refractivity contribution in [2.24, 2.45) is 0 Å². The Bertz CT molecular complexity index is 730. The predicted molar refractivity (Wildman–Crippen MR) is 90.9 cm³/mol. The molecule has 2 amide bonds. The van der Waals surface area contributed by atoms with Crippen LogP contribution in [0.2, 0.25) is 0 Å². The first-order valence-corrected chi connectivity index (χ1v) is 8.31. The quantitative estimate of drug-likeness (QED) is 0.882. The van der Waals surface area contributed by atoms with E-state index in [2.05, 4.69) is 16.7 Å². The molecule has 2 N–H and O–H groups in total. The molecule has 0 radical (unpaired) electrons. The third kappa shape index (κ3) is 4.22. The Morgan fingerprint density at radius 3 is 2.43 bits per heavy atom. The number of thiophene rings is 1. The van der Waals surface area contributed by atoms with Crippen molar-refractivity contribution in [3.05, 3.63) is 44.5 Å². The van der Waals surface area contributed by atoms with E-state index >= 15 is 0 Å². The zero-order chi connectivity index (χ0) is 17.1. The number of nitrogens with one attached hydrogen (secondary N) is 2. The molecule has 5 nitrogen and oxygen atoms in total. The minimum absolute atomic E-state index is 0.0605. The molecule has 0 spiro atoms. The topological polar surface area (TPSA) is 71.3 Å². The van der Waals surface area contributed by atoms with Crippen molar-refractivity contribution >= 4 is 23.2 Å². The number of carbonyl (C=O) groups excluding carboxylic acids is 2. The number of hydrogen-bond acceptors (Lipinski definition) is 4. The molecule has 2 aromatic heterocycles. The first kappa shape index (κ1) is 17.3. The van der Waals surface area contributed by atoms with Crippen LogP contribution in [-0.4, -0.2) is 18.4 Å². The molecule has 1 unspecified atom stereocenters. The standard InChI is InChI=1S/C17H22N2O3S/c1-9-6-15(12(4)22-9)17(21)18-8-16(20)19-11(3)14-7-10(2)23-13(14)5/h6-7,11H,8H2,1-5H3,(H,18,21)(H,19,20). The van der Waals surface area contributed by atoms with Crippen LogP contribution in [0.15, 0.2) is 16.5 Å². The smallest absolute Gasteiger partial charge is 0.255 e. The van der Waals surface area contributed by atoms with Gasteiger partial charge in [-0.1, -0.05) is 0 Å². The maximum atomic E-state index is 12.0. The molecule has 2 aromatic rings. The van der Waals surface area contributed by atoms with E-state index in [9.17, 15) is 9.59 Å². The van der Waals surface area contributed by atoms with Gasteiger partial charge in [0.25, 0.3) is 5.91 Å². The lowest BCUT2D eigenvalue weighted by atomic mass is 10.1. The predicted octanol–water partition coefficient (Wildman–Crippen LogP) is 3.18. The maximum absolute atomic E-state index is 12.0. The first-order valence-electron chi connectivity index (χ1n) is 7.49. The van der Waals surface area contributed by atoms with Gasteiger partial charge in [-0.25, -0.2) is 0 Å². The van der Waals surface area contributed by atoms with Gasteiger partial charge in [0, 0.05) is 9.75 Å². The van der Waals surface area contributed by atoms with Gasteiger partial charge < -0.3 is 15.1 Å². The van der Waals surface area contributed by atoms with Crippen LogP contribution < -0.4 is 10.6 Å². The maximum Gasteiger partial charge on any atom is 0.255 e. The van der Waals surface area contributed by atoms with Crippen molar-refractivity contribution in [2.75, 3.05) is 6.54 Å². The summed E-state index contributed by atoms with van der Waals surface area (Å²) in [6, 6.07) is 3.67. The normalized spacial score (nSPS) is 12.0. The van der Waals surface area contributed by atoms with Crippen molar-refractivity contribution in [3.8, 4) is 0 Å². The van der Waals surface area contributed by atoms with E-state index in [1.165, 1.54) is 9.75 Å². The first-order chi connectivity index (χ1) is 10.8. The van der Waals surface area contributed by atoms with E-state index in [4.69, 9.17) is 4.42 Å². The molecule has 0 fully saturated rings. The second-order valence-corrected chi connectivity index (χ2v) is 7.13. The third-order valence-electron chi connectivity index (χ3n) is 3.62. The summed E-state index contributed by atoms with van der Waals surface area (Å²) in [5.41, 5.74) is 1.58. The summed E-state index contributed by atoms with van der Waals surface area (Å²) in [7, 11) is 0. The minimum Gasteiger partial charge on any atom is -0.466 e. The van der Waals surface area contributed by atoms with Crippen molar-refractivity contribution in [1.82, 2.24) is 10.6 Å². The zero-order valence-electron chi connectivity index (χ0n) is 14.1. The van der Waals surface area contributed by atoms with E-state index < -0.39 is 0 Å². The molecule has 124 valence electrons. The van der Waals surface area contributed by atoms with Gasteiger partial charge in [-0.2, -0.15) is 0 Å². The number of carbonyl (C=O) groups is 2. The molecule has 1 atom stereocenters. The van der Waals surface area contributed by atoms with Gasteiger partial charge in [0.2, 0.25) is 5.91 Å². The number of hydrogen-bond donors (Lipinski definition) is 2. The van der Waals surface area contributed by atoms with Crippen molar-refractivity contribution in [3.63, 3.8) is 0 Å². The van der Waals surface area contributed by atoms with Crippen LogP contribution in [0.4, 0.5) is 0 Å². The van der Waals surface area contributed by atoms with E-state index in [0.717, 1.165) is 5.56 Å². The lowest BCUT2D eigenvalue weighted by Gasteiger charge is -2.14. The van der Waals surface area contributed by atoms with Crippen LogP contribution in [0, 0.1) is 27.7 Å². The highest BCUT2D eigenvalue weighted by atomic mass is 32.1. The van der Waals surface area contributed by atoms with Gasteiger partial charge in [-0.15, -0.1) is 11.3 Å². The molecule has 2 heterocycles. The lowest BCUT2D eigenvalue weighted by Crippen LogP contribution is -2.38. The average molecular weight is 334 g/mol. The zero-order valence-corrected chi connectivity index (χ0v) is 14.9. The molecule has 6 heteroatoms. The molecule has 23 heavy (non-hydrogen) atoms. The highest BCUT2D eigenvalue weighted by Crippen LogP contribution is 2.25. The Labute approximate surface area is 140 Å². The van der Waals surface area contributed by atoms with Crippen molar-refractivity contribution < 1.29 is 14.0 Å². The number of aryl methyl sites for hydroxylation is 4. The summed E-state index contributed by atoms with van der Waals surface area (Å²) in [6.45, 7) is 9.48. The Hall–Kier alpha value is -2.08. The molecular formula is C17H22N2O3S. The number of amides is 2. The monoisotopic (exact) mass is 334 g/mol. The molecule has 0 saturated carbocycles. The van der Waals surface area contributed by atoms with Crippen LogP contribution in [0.1, 0.15) is 50.2 Å². The van der Waals surface area contributed by atoms with E-state index in [1.54, 1.807) is 31.3 Å². The minimum atomic E-state index is -0.301. The SMILES string of the molecule is Cc1cc(C(=O)NCC(=O)NC(C)c2cc(C)sc2C)c(C)o1. The average Bonchev–Trinajstić information content (AvgIpc) is 2.97. The van der Waals surface area contributed by atoms with Gasteiger partial charge in [0.15, 0.2) is 0 Å². The van der Waals surface area contributed by atoms with Gasteiger partial charge in [-0.3, -0.25) is 9.59 Å². The van der Waals surface area contributed by atoms with E-state index in [0.29, 0.717) is 17.1 Å². The Balaban J connectivity index is 1.89. The fourth-order valence-electron chi connectivity index (χ4n) is 2.56. The van der Waals surface area contributed by atoms with E-state index in [-0.39, 0.29) is 24.4 Å². The highest BCUT2D eigenvalue weighted by Gasteiger charge is 2.16. The molecule has 0 aliphatic carbocycles. The molecule has 0 aliphatic rings. The lowest BCUT2D eigenvalue weighted by molar-refractivity contribution is -0.120. The molecule has 0 aromatic carbocycles. The van der Waals surface area contributed by atoms with Crippen molar-refractivity contribution in [1.29, 1.82) is 0 Å². The summed E-state index contributed by atoms with van der Waals surface area (Å²) in [5.74, 6) is 0.712. The number of rotatable bonds is 5. The van der Waals surface area contributed by atoms with Gasteiger partial charge in [0.05, 0.1) is 18.2 Å².